The number of nitrogens with one attached hydrogen (secondary N) is 1. The van der Waals surface area contributed by atoms with E-state index in [4.69, 9.17) is 0 Å². The smallest absolute Gasteiger partial charge is 0.490 e. The zero-order chi connectivity index (χ0) is 8.65. The molecule has 6 nitrogen and oxygen atoms in total. The van der Waals surface area contributed by atoms with E-state index in [1.807, 2.05) is 0 Å². The zero-order valence-electron chi connectivity index (χ0n) is 5.53. The van der Waals surface area contributed by atoms with Crippen molar-refractivity contribution in [2.45, 2.75) is 6.92 Å². The maximum absolute atomic E-state index is 10.6. The van der Waals surface area contributed by atoms with Gasteiger partial charge in [-0.3, -0.25) is 0 Å². The first-order valence-corrected chi connectivity index (χ1v) is 4.05. The fraction of sp³-hybridized carbons (Fsp3) is 0.250. The lowest BCUT2D eigenvalue weighted by Gasteiger charge is -2.20. The molecule has 1 amide bonds. The molecule has 1 unspecified atom stereocenters. The van der Waals surface area contributed by atoms with Crippen molar-refractivity contribution in [2.24, 2.45) is 0 Å². The Kier molecular flexibility index (Phi) is 1.70. The average molecular weight is 179 g/mol. The molecular weight excluding hydrogens is 174 g/mol. The first-order valence-electron chi connectivity index (χ1n) is 2.64. The van der Waals surface area contributed by atoms with Gasteiger partial charge in [0.25, 0.3) is 0 Å². The van der Waals surface area contributed by atoms with Gasteiger partial charge in [0, 0.05) is 0 Å². The Bertz CT molecular complexity index is 315. The zero-order valence-corrected chi connectivity index (χ0v) is 6.34. The van der Waals surface area contributed by atoms with E-state index in [0.717, 1.165) is 6.08 Å². The standard InChI is InChI=1S/C4H5NO5S/c1-3-2-4(6)5(7)11(8,9)10-3/h2,5H,1H3. The molecule has 62 valence electrons. The van der Waals surface area contributed by atoms with Crippen molar-refractivity contribution in [3.05, 3.63) is 17.0 Å². The molecule has 1 rings (SSSR count). The summed E-state index contributed by atoms with van der Waals surface area (Å²) in [6.07, 6.45) is 0.837. The summed E-state index contributed by atoms with van der Waals surface area (Å²) in [5.41, 5.74) is 0. The molecular formula is C4H5NO5S. The van der Waals surface area contributed by atoms with Crippen LogP contribution in [0, 0.1) is 5.21 Å². The summed E-state index contributed by atoms with van der Waals surface area (Å²) in [6.45, 7) is 1.28. The van der Waals surface area contributed by atoms with Gasteiger partial charge in [-0.15, -0.1) is 8.42 Å². The van der Waals surface area contributed by atoms with Crippen LogP contribution in [0.3, 0.4) is 0 Å². The number of carbonyl (C=O) groups excluding carboxylic acids is 1. The van der Waals surface area contributed by atoms with E-state index in [-0.39, 0.29) is 5.76 Å². The van der Waals surface area contributed by atoms with Crippen molar-refractivity contribution < 1.29 is 21.9 Å². The summed E-state index contributed by atoms with van der Waals surface area (Å²) >= 11 is 0. The largest absolute Gasteiger partial charge is 0.608 e. The second kappa shape index (κ2) is 2.29. The van der Waals surface area contributed by atoms with Gasteiger partial charge >= 0.3 is 16.2 Å². The summed E-state index contributed by atoms with van der Waals surface area (Å²) in [7, 11) is -4.32. The van der Waals surface area contributed by atoms with Gasteiger partial charge in [0.05, 0.1) is 6.08 Å². The normalized spacial score (nSPS) is 29.1. The number of rotatable bonds is 0. The molecule has 1 heterocycles. The SMILES string of the molecule is CC1=CC(=O)[NH+]([O-])S(=O)(=O)O1. The topological polar surface area (TPSA) is 87.9 Å². The number of allylic oxidation sites excluding steroid dienone is 1. The van der Waals surface area contributed by atoms with Crippen molar-refractivity contribution in [3.8, 4) is 0 Å². The second-order valence-corrected chi connectivity index (χ2v) is 3.39. The molecule has 0 spiro atoms. The molecule has 0 saturated carbocycles. The first-order chi connectivity index (χ1) is 4.93. The van der Waals surface area contributed by atoms with Crippen molar-refractivity contribution in [2.75, 3.05) is 0 Å². The van der Waals surface area contributed by atoms with Crippen LogP contribution in [-0.4, -0.2) is 14.3 Å². The highest BCUT2D eigenvalue weighted by Gasteiger charge is 2.32. The number of hydrogen-bond donors (Lipinski definition) is 1. The Balaban J connectivity index is 3.15. The molecule has 0 bridgehead atoms. The van der Waals surface area contributed by atoms with E-state index in [1.54, 1.807) is 0 Å². The fourth-order valence-electron chi connectivity index (χ4n) is 0.602. The summed E-state index contributed by atoms with van der Waals surface area (Å²) in [5, 5.41) is 10.5. The van der Waals surface area contributed by atoms with Crippen LogP contribution >= 0.6 is 0 Å². The van der Waals surface area contributed by atoms with E-state index in [9.17, 15) is 18.4 Å². The molecule has 0 aromatic carbocycles. The molecule has 0 fully saturated rings. The highest BCUT2D eigenvalue weighted by Crippen LogP contribution is 2.01. The molecule has 1 atom stereocenters. The van der Waals surface area contributed by atoms with Crippen LogP contribution in [0.25, 0.3) is 0 Å². The molecule has 11 heavy (non-hydrogen) atoms. The van der Waals surface area contributed by atoms with Crippen LogP contribution in [0.15, 0.2) is 11.8 Å². The van der Waals surface area contributed by atoms with Crippen LogP contribution < -0.4 is 4.47 Å². The molecule has 0 radical (unpaired) electrons. The van der Waals surface area contributed by atoms with Gasteiger partial charge in [-0.05, 0) is 6.92 Å². The third-order valence-corrected chi connectivity index (χ3v) is 2.14. The van der Waals surface area contributed by atoms with Gasteiger partial charge in [-0.25, -0.2) is 4.79 Å². The minimum absolute atomic E-state index is 0.0883. The first kappa shape index (κ1) is 8.18. The molecule has 1 aliphatic rings. The van der Waals surface area contributed by atoms with Crippen LogP contribution in [0.4, 0.5) is 0 Å². The molecule has 0 saturated heterocycles. The van der Waals surface area contributed by atoms with E-state index in [2.05, 4.69) is 4.18 Å². The summed E-state index contributed by atoms with van der Waals surface area (Å²) in [6, 6.07) is 0. The third kappa shape index (κ3) is 1.39. The van der Waals surface area contributed by atoms with Gasteiger partial charge in [0.2, 0.25) is 0 Å². The van der Waals surface area contributed by atoms with Gasteiger partial charge in [0.1, 0.15) is 5.76 Å². The maximum atomic E-state index is 10.6. The van der Waals surface area contributed by atoms with Crippen molar-refractivity contribution in [1.29, 1.82) is 0 Å². The number of hydrogen-bond acceptors (Lipinski definition) is 5. The fourth-order valence-corrected chi connectivity index (χ4v) is 1.38. The molecule has 0 aromatic heterocycles. The Labute approximate surface area is 62.9 Å². The molecule has 7 heteroatoms. The van der Waals surface area contributed by atoms with Crippen LogP contribution in [0.2, 0.25) is 0 Å². The third-order valence-electron chi connectivity index (χ3n) is 1.00. The molecule has 0 aliphatic carbocycles. The monoisotopic (exact) mass is 179 g/mol. The average Bonchev–Trinajstić information content (AvgIpc) is 1.81. The Hall–Kier alpha value is -0.920. The summed E-state index contributed by atoms with van der Waals surface area (Å²) < 4.78 is 23.7. The molecule has 1 N–H and O–H groups in total. The van der Waals surface area contributed by atoms with Crippen LogP contribution in [0.1, 0.15) is 6.92 Å². The van der Waals surface area contributed by atoms with E-state index in [0.29, 0.717) is 0 Å². The number of carbonyl (C=O) groups is 1. The number of quaternary nitrogens is 1. The van der Waals surface area contributed by atoms with Crippen molar-refractivity contribution in [3.63, 3.8) is 0 Å². The van der Waals surface area contributed by atoms with Gasteiger partial charge < -0.3 is 9.39 Å². The quantitative estimate of drug-likeness (QED) is 0.438. The predicted molar refractivity (Wildman–Crippen MR) is 33.1 cm³/mol. The number of hydroxylamine groups is 1. The van der Waals surface area contributed by atoms with Gasteiger partial charge in [-0.1, -0.05) is 0 Å². The van der Waals surface area contributed by atoms with Gasteiger partial charge in [-0.2, -0.15) is 4.47 Å². The van der Waals surface area contributed by atoms with E-state index >= 15 is 0 Å². The highest BCUT2D eigenvalue weighted by atomic mass is 32.2. The number of amides is 1. The van der Waals surface area contributed by atoms with E-state index in [1.165, 1.54) is 6.92 Å². The van der Waals surface area contributed by atoms with Crippen LogP contribution in [-0.2, 0) is 19.3 Å². The minimum atomic E-state index is -4.32. The lowest BCUT2D eigenvalue weighted by Crippen LogP contribution is -3.12. The molecule has 0 aromatic rings. The summed E-state index contributed by atoms with van der Waals surface area (Å²) in [5.74, 6) is -1.15. The maximum Gasteiger partial charge on any atom is 0.490 e. The Morgan fingerprint density at radius 3 is 2.64 bits per heavy atom. The highest BCUT2D eigenvalue weighted by molar-refractivity contribution is 7.80. The predicted octanol–water partition coefficient (Wildman–Crippen LogP) is -1.93. The Morgan fingerprint density at radius 1 is 1.64 bits per heavy atom. The van der Waals surface area contributed by atoms with E-state index < -0.39 is 20.7 Å². The van der Waals surface area contributed by atoms with Gasteiger partial charge in [0.15, 0.2) is 0 Å². The Morgan fingerprint density at radius 2 is 2.18 bits per heavy atom. The summed E-state index contributed by atoms with van der Waals surface area (Å²) in [4.78, 5) is 10.5. The lowest BCUT2D eigenvalue weighted by molar-refractivity contribution is -0.622. The second-order valence-electron chi connectivity index (χ2n) is 1.94. The van der Waals surface area contributed by atoms with Crippen LogP contribution in [0.5, 0.6) is 0 Å². The van der Waals surface area contributed by atoms with Crippen molar-refractivity contribution >= 4 is 16.2 Å². The lowest BCUT2D eigenvalue weighted by atomic mass is 10.5. The molecule has 1 aliphatic heterocycles. The minimum Gasteiger partial charge on any atom is -0.608 e. The van der Waals surface area contributed by atoms with Crippen molar-refractivity contribution in [1.82, 2.24) is 0 Å².